The van der Waals surface area contributed by atoms with Crippen LogP contribution in [-0.2, 0) is 14.2 Å². The van der Waals surface area contributed by atoms with E-state index in [0.717, 1.165) is 32.7 Å². The molecule has 2 unspecified atom stereocenters. The van der Waals surface area contributed by atoms with Crippen molar-refractivity contribution >= 4 is 0 Å². The first-order chi connectivity index (χ1) is 5.88. The summed E-state index contributed by atoms with van der Waals surface area (Å²) in [7, 11) is 1.71. The maximum Gasteiger partial charge on any atom is 0.107 e. The number of methoxy groups -OCH3 is 1. The summed E-state index contributed by atoms with van der Waals surface area (Å²) in [6.45, 7) is 4.45. The van der Waals surface area contributed by atoms with Crippen LogP contribution in [0.15, 0.2) is 0 Å². The van der Waals surface area contributed by atoms with E-state index in [1.54, 1.807) is 7.11 Å². The third-order valence-corrected chi connectivity index (χ3v) is 2.01. The van der Waals surface area contributed by atoms with Crippen LogP contribution >= 0.6 is 0 Å². The molecule has 72 valence electrons. The summed E-state index contributed by atoms with van der Waals surface area (Å²) >= 11 is 0. The molecule has 0 aromatic rings. The molecular weight excluding hydrogens is 156 g/mol. The molecule has 1 saturated heterocycles. The van der Waals surface area contributed by atoms with Crippen LogP contribution in [-0.4, -0.2) is 39.1 Å². The quantitative estimate of drug-likeness (QED) is 0.429. The van der Waals surface area contributed by atoms with Gasteiger partial charge in [0.2, 0.25) is 0 Å². The normalized spacial score (nSPS) is 27.5. The number of ether oxygens (including phenoxy) is 3. The molecule has 0 aliphatic carbocycles. The smallest absolute Gasteiger partial charge is 0.107 e. The van der Waals surface area contributed by atoms with Crippen LogP contribution in [0.4, 0.5) is 0 Å². The zero-order chi connectivity index (χ0) is 8.81. The van der Waals surface area contributed by atoms with Crippen LogP contribution in [0.2, 0.25) is 0 Å². The van der Waals surface area contributed by atoms with Gasteiger partial charge in [0.15, 0.2) is 0 Å². The largest absolute Gasteiger partial charge is 0.385 e. The van der Waals surface area contributed by atoms with Crippen molar-refractivity contribution in [2.24, 2.45) is 0 Å². The monoisotopic (exact) mass is 174 g/mol. The molecule has 0 aromatic carbocycles. The van der Waals surface area contributed by atoms with Gasteiger partial charge in [-0.15, -0.1) is 0 Å². The lowest BCUT2D eigenvalue weighted by atomic mass is 10.3. The van der Waals surface area contributed by atoms with Crippen LogP contribution in [0.3, 0.4) is 0 Å². The summed E-state index contributed by atoms with van der Waals surface area (Å²) in [6, 6.07) is 0. The maximum absolute atomic E-state index is 5.39. The zero-order valence-corrected chi connectivity index (χ0v) is 7.91. The van der Waals surface area contributed by atoms with E-state index in [9.17, 15) is 0 Å². The highest BCUT2D eigenvalue weighted by Gasteiger charge is 2.36. The molecule has 1 fully saturated rings. The first kappa shape index (κ1) is 9.96. The Kier molecular flexibility index (Phi) is 4.58. The molecule has 0 spiro atoms. The molecule has 3 heteroatoms. The van der Waals surface area contributed by atoms with E-state index in [4.69, 9.17) is 14.2 Å². The molecule has 1 heterocycles. The predicted octanol–water partition coefficient (Wildman–Crippen LogP) is 1.22. The van der Waals surface area contributed by atoms with Crippen molar-refractivity contribution < 1.29 is 14.2 Å². The molecule has 0 aromatic heterocycles. The summed E-state index contributed by atoms with van der Waals surface area (Å²) in [6.07, 6.45) is 2.91. The van der Waals surface area contributed by atoms with E-state index in [-0.39, 0.29) is 0 Å². The average Bonchev–Trinajstić information content (AvgIpc) is 2.83. The van der Waals surface area contributed by atoms with Gasteiger partial charge in [-0.2, -0.15) is 0 Å². The second-order valence-electron chi connectivity index (χ2n) is 3.04. The van der Waals surface area contributed by atoms with E-state index >= 15 is 0 Å². The third kappa shape index (κ3) is 3.52. The SMILES string of the molecule is CCC1OC1COCCCOC. The molecule has 3 nitrogen and oxygen atoms in total. The number of hydrogen-bond acceptors (Lipinski definition) is 3. The first-order valence-electron chi connectivity index (χ1n) is 4.60. The van der Waals surface area contributed by atoms with E-state index in [0.29, 0.717) is 12.2 Å². The zero-order valence-electron chi connectivity index (χ0n) is 7.91. The Morgan fingerprint density at radius 2 is 2.08 bits per heavy atom. The van der Waals surface area contributed by atoms with Crippen molar-refractivity contribution in [3.8, 4) is 0 Å². The molecule has 2 atom stereocenters. The Morgan fingerprint density at radius 3 is 2.67 bits per heavy atom. The van der Waals surface area contributed by atoms with Gasteiger partial charge in [0, 0.05) is 20.3 Å². The Hall–Kier alpha value is -0.120. The van der Waals surface area contributed by atoms with Crippen LogP contribution in [0.1, 0.15) is 19.8 Å². The van der Waals surface area contributed by atoms with E-state index in [1.165, 1.54) is 0 Å². The van der Waals surface area contributed by atoms with E-state index < -0.39 is 0 Å². The fourth-order valence-corrected chi connectivity index (χ4v) is 1.19. The lowest BCUT2D eigenvalue weighted by molar-refractivity contribution is 0.0916. The van der Waals surface area contributed by atoms with Crippen LogP contribution < -0.4 is 0 Å². The first-order valence-corrected chi connectivity index (χ1v) is 4.60. The van der Waals surface area contributed by atoms with Crippen LogP contribution in [0.25, 0.3) is 0 Å². The predicted molar refractivity (Wildman–Crippen MR) is 46.3 cm³/mol. The Balaban J connectivity index is 1.78. The highest BCUT2D eigenvalue weighted by molar-refractivity contribution is 4.82. The Bertz CT molecular complexity index is 116. The number of epoxide rings is 1. The maximum atomic E-state index is 5.39. The van der Waals surface area contributed by atoms with Gasteiger partial charge >= 0.3 is 0 Å². The van der Waals surface area contributed by atoms with Crippen LogP contribution in [0, 0.1) is 0 Å². The summed E-state index contributed by atoms with van der Waals surface area (Å²) in [5, 5.41) is 0. The summed E-state index contributed by atoms with van der Waals surface area (Å²) < 4.78 is 15.6. The lowest BCUT2D eigenvalue weighted by Crippen LogP contribution is -2.06. The van der Waals surface area contributed by atoms with Gasteiger partial charge in [-0.05, 0) is 12.8 Å². The van der Waals surface area contributed by atoms with Crippen molar-refractivity contribution in [2.75, 3.05) is 26.9 Å². The minimum atomic E-state index is 0.373. The molecule has 12 heavy (non-hydrogen) atoms. The summed E-state index contributed by atoms with van der Waals surface area (Å²) in [5.74, 6) is 0. The van der Waals surface area contributed by atoms with E-state index in [1.807, 2.05) is 0 Å². The standard InChI is InChI=1S/C9H18O3/c1-3-8-9(12-8)7-11-6-4-5-10-2/h8-9H,3-7H2,1-2H3. The second kappa shape index (κ2) is 5.51. The van der Waals surface area contributed by atoms with Gasteiger partial charge < -0.3 is 14.2 Å². The van der Waals surface area contributed by atoms with Crippen molar-refractivity contribution in [2.45, 2.75) is 32.0 Å². The number of hydrogen-bond donors (Lipinski definition) is 0. The van der Waals surface area contributed by atoms with Gasteiger partial charge in [-0.1, -0.05) is 6.92 Å². The Morgan fingerprint density at radius 1 is 1.25 bits per heavy atom. The van der Waals surface area contributed by atoms with Gasteiger partial charge in [0.05, 0.1) is 12.7 Å². The van der Waals surface area contributed by atoms with Crippen molar-refractivity contribution in [1.29, 1.82) is 0 Å². The highest BCUT2D eigenvalue weighted by Crippen LogP contribution is 2.24. The van der Waals surface area contributed by atoms with Gasteiger partial charge in [-0.25, -0.2) is 0 Å². The highest BCUT2D eigenvalue weighted by atomic mass is 16.6. The van der Waals surface area contributed by atoms with E-state index in [2.05, 4.69) is 6.92 Å². The Labute approximate surface area is 74.0 Å². The van der Waals surface area contributed by atoms with Gasteiger partial charge in [0.1, 0.15) is 6.10 Å². The average molecular weight is 174 g/mol. The molecular formula is C9H18O3. The molecule has 0 saturated carbocycles. The van der Waals surface area contributed by atoms with Crippen molar-refractivity contribution in [3.05, 3.63) is 0 Å². The van der Waals surface area contributed by atoms with Gasteiger partial charge in [-0.3, -0.25) is 0 Å². The van der Waals surface area contributed by atoms with Crippen molar-refractivity contribution in [1.82, 2.24) is 0 Å². The summed E-state index contributed by atoms with van der Waals surface area (Å²) in [5.41, 5.74) is 0. The fourth-order valence-electron chi connectivity index (χ4n) is 1.19. The third-order valence-electron chi connectivity index (χ3n) is 2.01. The number of rotatable bonds is 7. The molecule has 0 bridgehead atoms. The van der Waals surface area contributed by atoms with Crippen molar-refractivity contribution in [3.63, 3.8) is 0 Å². The summed E-state index contributed by atoms with van der Waals surface area (Å²) in [4.78, 5) is 0. The topological polar surface area (TPSA) is 31.0 Å². The van der Waals surface area contributed by atoms with Gasteiger partial charge in [0.25, 0.3) is 0 Å². The second-order valence-corrected chi connectivity index (χ2v) is 3.04. The minimum absolute atomic E-state index is 0.373. The molecule has 1 rings (SSSR count). The minimum Gasteiger partial charge on any atom is -0.385 e. The fraction of sp³-hybridized carbons (Fsp3) is 1.00. The molecule has 0 N–H and O–H groups in total. The molecule has 1 aliphatic heterocycles. The molecule has 1 aliphatic rings. The molecule has 0 amide bonds. The lowest BCUT2D eigenvalue weighted by Gasteiger charge is -2.00. The van der Waals surface area contributed by atoms with Crippen LogP contribution in [0.5, 0.6) is 0 Å². The molecule has 0 radical (unpaired) electrons.